The highest BCUT2D eigenvalue weighted by atomic mass is 32.2. The minimum absolute atomic E-state index is 0.0788. The van der Waals surface area contributed by atoms with Gasteiger partial charge in [0.2, 0.25) is 10.0 Å². The van der Waals surface area contributed by atoms with Crippen LogP contribution >= 0.6 is 0 Å². The Morgan fingerprint density at radius 1 is 1.43 bits per heavy atom. The first-order chi connectivity index (χ1) is 9.77. The topological polar surface area (TPSA) is 95.5 Å². The molecule has 1 aromatic carbocycles. The first kappa shape index (κ1) is 17.2. The molecule has 0 aliphatic rings. The van der Waals surface area contributed by atoms with Gasteiger partial charge in [-0.1, -0.05) is 19.9 Å². The predicted octanol–water partition coefficient (Wildman–Crippen LogP) is 1.92. The number of sulfonamides is 1. The van der Waals surface area contributed by atoms with Gasteiger partial charge < -0.3 is 10.4 Å². The third-order valence-electron chi connectivity index (χ3n) is 2.64. The van der Waals surface area contributed by atoms with Crippen LogP contribution in [0.25, 0.3) is 0 Å². The molecule has 0 unspecified atom stereocenters. The first-order valence-corrected chi connectivity index (χ1v) is 7.98. The fourth-order valence-corrected chi connectivity index (χ4v) is 2.98. The van der Waals surface area contributed by atoms with Crippen molar-refractivity contribution in [1.29, 1.82) is 0 Å². The molecule has 0 amide bonds. The van der Waals surface area contributed by atoms with Gasteiger partial charge in [-0.25, -0.2) is 17.9 Å². The molecule has 6 nitrogen and oxygen atoms in total. The molecule has 1 rings (SSSR count). The Bertz CT molecular complexity index is 624. The zero-order valence-corrected chi connectivity index (χ0v) is 12.9. The summed E-state index contributed by atoms with van der Waals surface area (Å²) in [4.78, 5) is 10.9. The van der Waals surface area contributed by atoms with E-state index in [9.17, 15) is 13.2 Å². The summed E-state index contributed by atoms with van der Waals surface area (Å²) in [5, 5.41) is 11.9. The van der Waals surface area contributed by atoms with Crippen LogP contribution in [0, 0.1) is 5.92 Å². The van der Waals surface area contributed by atoms with Crippen molar-refractivity contribution in [3.63, 3.8) is 0 Å². The van der Waals surface area contributed by atoms with Crippen LogP contribution in [-0.2, 0) is 10.0 Å². The van der Waals surface area contributed by atoms with E-state index in [0.29, 0.717) is 12.2 Å². The summed E-state index contributed by atoms with van der Waals surface area (Å²) in [6.07, 6.45) is 1.59. The number of benzene rings is 1. The fraction of sp³-hybridized carbons (Fsp3) is 0.357. The van der Waals surface area contributed by atoms with Crippen LogP contribution in [0.1, 0.15) is 24.2 Å². The minimum Gasteiger partial charge on any atom is -0.478 e. The second-order valence-corrected chi connectivity index (χ2v) is 6.67. The molecule has 7 heteroatoms. The maximum atomic E-state index is 12.3. The summed E-state index contributed by atoms with van der Waals surface area (Å²) in [7, 11) is -3.78. The largest absolute Gasteiger partial charge is 0.478 e. The molecule has 0 saturated carbocycles. The number of rotatable bonds is 8. The van der Waals surface area contributed by atoms with E-state index < -0.39 is 16.0 Å². The lowest BCUT2D eigenvalue weighted by atomic mass is 10.2. The van der Waals surface area contributed by atoms with E-state index in [2.05, 4.69) is 16.6 Å². The summed E-state index contributed by atoms with van der Waals surface area (Å²) in [5.41, 5.74) is 0.264. The monoisotopic (exact) mass is 312 g/mol. The van der Waals surface area contributed by atoms with Crippen LogP contribution in [0.15, 0.2) is 35.7 Å². The highest BCUT2D eigenvalue weighted by molar-refractivity contribution is 7.89. The SMILES string of the molecule is C=CCNc1ccc(C(=O)O)cc1S(=O)(=O)NCC(C)C. The normalized spacial score (nSPS) is 11.4. The summed E-state index contributed by atoms with van der Waals surface area (Å²) in [5.74, 6) is -1.03. The van der Waals surface area contributed by atoms with E-state index >= 15 is 0 Å². The summed E-state index contributed by atoms with van der Waals surface area (Å²) in [6.45, 7) is 7.97. The van der Waals surface area contributed by atoms with Crippen molar-refractivity contribution in [1.82, 2.24) is 4.72 Å². The second-order valence-electron chi connectivity index (χ2n) is 4.93. The lowest BCUT2D eigenvalue weighted by Gasteiger charge is -2.14. The quantitative estimate of drug-likeness (QED) is 0.637. The number of aromatic carboxylic acids is 1. The molecule has 0 bridgehead atoms. The summed E-state index contributed by atoms with van der Waals surface area (Å²) >= 11 is 0. The molecular formula is C14H20N2O4S. The smallest absolute Gasteiger partial charge is 0.335 e. The average Bonchev–Trinajstić information content (AvgIpc) is 2.42. The van der Waals surface area contributed by atoms with Gasteiger partial charge in [0.15, 0.2) is 0 Å². The van der Waals surface area contributed by atoms with Gasteiger partial charge >= 0.3 is 5.97 Å². The van der Waals surface area contributed by atoms with Crippen molar-refractivity contribution in [2.24, 2.45) is 5.92 Å². The number of hydrogen-bond donors (Lipinski definition) is 3. The first-order valence-electron chi connectivity index (χ1n) is 6.49. The van der Waals surface area contributed by atoms with E-state index in [4.69, 9.17) is 5.11 Å². The Morgan fingerprint density at radius 2 is 2.10 bits per heavy atom. The zero-order valence-electron chi connectivity index (χ0n) is 12.1. The van der Waals surface area contributed by atoms with Crippen LogP contribution in [-0.4, -0.2) is 32.6 Å². The zero-order chi connectivity index (χ0) is 16.0. The summed E-state index contributed by atoms with van der Waals surface area (Å²) < 4.78 is 27.1. The molecule has 21 heavy (non-hydrogen) atoms. The maximum absolute atomic E-state index is 12.3. The van der Waals surface area contributed by atoms with Crippen LogP contribution in [0.4, 0.5) is 5.69 Å². The van der Waals surface area contributed by atoms with E-state index in [1.807, 2.05) is 13.8 Å². The van der Waals surface area contributed by atoms with E-state index in [1.54, 1.807) is 6.08 Å². The van der Waals surface area contributed by atoms with Crippen molar-refractivity contribution < 1.29 is 18.3 Å². The molecule has 0 fully saturated rings. The summed E-state index contributed by atoms with van der Waals surface area (Å²) in [6, 6.07) is 3.95. The van der Waals surface area contributed by atoms with Crippen LogP contribution in [0.5, 0.6) is 0 Å². The number of nitrogens with one attached hydrogen (secondary N) is 2. The van der Waals surface area contributed by atoms with Gasteiger partial charge in [-0.05, 0) is 24.1 Å². The minimum atomic E-state index is -3.78. The molecule has 116 valence electrons. The highest BCUT2D eigenvalue weighted by Gasteiger charge is 2.20. The fourth-order valence-electron chi connectivity index (χ4n) is 1.56. The Balaban J connectivity index is 3.23. The van der Waals surface area contributed by atoms with Gasteiger partial charge in [-0.2, -0.15) is 0 Å². The van der Waals surface area contributed by atoms with Gasteiger partial charge in [0.05, 0.1) is 11.3 Å². The standard InChI is InChI=1S/C14H20N2O4S/c1-4-7-15-12-6-5-11(14(17)18)8-13(12)21(19,20)16-9-10(2)3/h4-6,8,10,15-16H,1,7,9H2,2-3H3,(H,17,18). The van der Waals surface area contributed by atoms with Gasteiger partial charge in [-0.3, -0.25) is 0 Å². The van der Waals surface area contributed by atoms with Crippen molar-refractivity contribution >= 4 is 21.7 Å². The molecule has 0 spiro atoms. The number of carbonyl (C=O) groups is 1. The molecular weight excluding hydrogens is 292 g/mol. The second kappa shape index (κ2) is 7.24. The number of carboxylic acid groups (broad SMARTS) is 1. The molecule has 1 aromatic rings. The molecule has 0 aliphatic heterocycles. The number of carboxylic acids is 1. The lowest BCUT2D eigenvalue weighted by molar-refractivity contribution is 0.0696. The molecule has 3 N–H and O–H groups in total. The lowest BCUT2D eigenvalue weighted by Crippen LogP contribution is -2.28. The van der Waals surface area contributed by atoms with Gasteiger partial charge in [-0.15, -0.1) is 6.58 Å². The van der Waals surface area contributed by atoms with Crippen molar-refractivity contribution in [3.05, 3.63) is 36.4 Å². The molecule has 0 aromatic heterocycles. The van der Waals surface area contributed by atoms with Crippen LogP contribution < -0.4 is 10.0 Å². The van der Waals surface area contributed by atoms with Crippen LogP contribution in [0.2, 0.25) is 0 Å². The van der Waals surface area contributed by atoms with Crippen LogP contribution in [0.3, 0.4) is 0 Å². The molecule has 0 aliphatic carbocycles. The Kier molecular flexibility index (Phi) is 5.92. The average molecular weight is 312 g/mol. The number of anilines is 1. The molecule has 0 radical (unpaired) electrons. The van der Waals surface area contributed by atoms with Crippen molar-refractivity contribution in [2.45, 2.75) is 18.7 Å². The number of hydrogen-bond acceptors (Lipinski definition) is 4. The Labute approximate surface area is 124 Å². The Morgan fingerprint density at radius 3 is 2.62 bits per heavy atom. The maximum Gasteiger partial charge on any atom is 0.335 e. The molecule has 0 saturated heterocycles. The predicted molar refractivity (Wildman–Crippen MR) is 82.1 cm³/mol. The van der Waals surface area contributed by atoms with E-state index in [0.717, 1.165) is 6.07 Å². The van der Waals surface area contributed by atoms with Gasteiger partial charge in [0.25, 0.3) is 0 Å². The van der Waals surface area contributed by atoms with Crippen molar-refractivity contribution in [2.75, 3.05) is 18.4 Å². The molecule has 0 heterocycles. The third kappa shape index (κ3) is 4.87. The molecule has 0 atom stereocenters. The van der Waals surface area contributed by atoms with Gasteiger partial charge in [0.1, 0.15) is 4.90 Å². The van der Waals surface area contributed by atoms with Crippen molar-refractivity contribution in [3.8, 4) is 0 Å². The van der Waals surface area contributed by atoms with Gasteiger partial charge in [0, 0.05) is 13.1 Å². The Hall–Kier alpha value is -1.86. The third-order valence-corrected chi connectivity index (χ3v) is 4.10. The van der Waals surface area contributed by atoms with E-state index in [1.165, 1.54) is 12.1 Å². The van der Waals surface area contributed by atoms with E-state index in [-0.39, 0.29) is 22.9 Å². The highest BCUT2D eigenvalue weighted by Crippen LogP contribution is 2.23.